The molecule has 0 fully saturated rings. The molecule has 0 bridgehead atoms. The smallest absolute Gasteiger partial charge is 0.203 e. The lowest BCUT2D eigenvalue weighted by atomic mass is 9.75. The first kappa shape index (κ1) is 21.9. The van der Waals surface area contributed by atoms with E-state index in [4.69, 9.17) is 23.7 Å². The number of rotatable bonds is 5. The van der Waals surface area contributed by atoms with Gasteiger partial charge in [-0.1, -0.05) is 6.92 Å². The van der Waals surface area contributed by atoms with E-state index < -0.39 is 5.60 Å². The summed E-state index contributed by atoms with van der Waals surface area (Å²) in [6.07, 6.45) is 0.905. The molecule has 0 aliphatic heterocycles. The molecule has 2 N–H and O–H groups in total. The van der Waals surface area contributed by atoms with E-state index in [0.29, 0.717) is 35.7 Å². The average molecular weight is 418 g/mol. The van der Waals surface area contributed by atoms with E-state index in [1.807, 2.05) is 19.9 Å². The summed E-state index contributed by atoms with van der Waals surface area (Å²) in [5.41, 5.74) is 2.03. The van der Waals surface area contributed by atoms with Crippen LogP contribution in [0.3, 0.4) is 0 Å². The fourth-order valence-corrected chi connectivity index (χ4v) is 4.19. The second-order valence-corrected chi connectivity index (χ2v) is 7.81. The molecular formula is C23H30O7. The van der Waals surface area contributed by atoms with Crippen molar-refractivity contribution < 1.29 is 33.9 Å². The summed E-state index contributed by atoms with van der Waals surface area (Å²) in [5.74, 6) is 1.79. The van der Waals surface area contributed by atoms with Gasteiger partial charge in [-0.3, -0.25) is 0 Å². The Morgan fingerprint density at radius 1 is 0.800 bits per heavy atom. The summed E-state index contributed by atoms with van der Waals surface area (Å²) < 4.78 is 27.9. The Morgan fingerprint density at radius 3 is 1.87 bits per heavy atom. The lowest BCUT2D eigenvalue weighted by Gasteiger charge is -2.35. The molecule has 0 saturated carbocycles. The topological polar surface area (TPSA) is 86.6 Å². The summed E-state index contributed by atoms with van der Waals surface area (Å²) in [6, 6.07) is 3.62. The highest BCUT2D eigenvalue weighted by Gasteiger charge is 2.37. The van der Waals surface area contributed by atoms with Crippen molar-refractivity contribution in [3.8, 4) is 45.6 Å². The molecule has 0 radical (unpaired) electrons. The van der Waals surface area contributed by atoms with Crippen LogP contribution >= 0.6 is 0 Å². The summed E-state index contributed by atoms with van der Waals surface area (Å²) in [5, 5.41) is 22.0. The molecule has 0 saturated heterocycles. The predicted molar refractivity (Wildman–Crippen MR) is 113 cm³/mol. The molecule has 2 aromatic rings. The molecule has 30 heavy (non-hydrogen) atoms. The molecule has 7 nitrogen and oxygen atoms in total. The van der Waals surface area contributed by atoms with Gasteiger partial charge in [-0.05, 0) is 42.5 Å². The van der Waals surface area contributed by atoms with Crippen LogP contribution in [0.1, 0.15) is 25.0 Å². The molecular weight excluding hydrogens is 388 g/mol. The van der Waals surface area contributed by atoms with Crippen molar-refractivity contribution in [1.29, 1.82) is 0 Å². The number of phenols is 1. The van der Waals surface area contributed by atoms with E-state index >= 15 is 0 Å². The number of aromatic hydroxyl groups is 1. The zero-order valence-corrected chi connectivity index (χ0v) is 18.6. The normalized spacial score (nSPS) is 20.3. The van der Waals surface area contributed by atoms with E-state index in [1.54, 1.807) is 27.4 Å². The molecule has 0 aromatic heterocycles. The van der Waals surface area contributed by atoms with Gasteiger partial charge in [0, 0.05) is 17.5 Å². The van der Waals surface area contributed by atoms with E-state index in [0.717, 1.165) is 16.7 Å². The minimum atomic E-state index is -1.00. The van der Waals surface area contributed by atoms with E-state index in [-0.39, 0.29) is 23.2 Å². The third-order valence-electron chi connectivity index (χ3n) is 6.02. The Balaban J connectivity index is 2.52. The molecule has 7 heteroatoms. The van der Waals surface area contributed by atoms with Crippen LogP contribution in [0.5, 0.6) is 34.5 Å². The molecule has 0 amide bonds. The van der Waals surface area contributed by atoms with Crippen LogP contribution < -0.4 is 23.7 Å². The number of fused-ring (bicyclic) bond motifs is 3. The van der Waals surface area contributed by atoms with Crippen LogP contribution in [0, 0.1) is 5.92 Å². The van der Waals surface area contributed by atoms with Gasteiger partial charge < -0.3 is 33.9 Å². The van der Waals surface area contributed by atoms with E-state index in [2.05, 4.69) is 0 Å². The zero-order valence-electron chi connectivity index (χ0n) is 18.6. The van der Waals surface area contributed by atoms with Crippen LogP contribution in [0.15, 0.2) is 12.1 Å². The average Bonchev–Trinajstić information content (AvgIpc) is 2.72. The Labute approximate surface area is 177 Å². The van der Waals surface area contributed by atoms with Crippen molar-refractivity contribution in [3.63, 3.8) is 0 Å². The van der Waals surface area contributed by atoms with Crippen LogP contribution in [-0.2, 0) is 12.8 Å². The number of phenolic OH excluding ortho intramolecular Hbond substituents is 1. The molecule has 0 unspecified atom stereocenters. The summed E-state index contributed by atoms with van der Waals surface area (Å²) in [7, 11) is 7.64. The van der Waals surface area contributed by atoms with Crippen LogP contribution in [0.25, 0.3) is 11.1 Å². The predicted octanol–water partition coefficient (Wildman–Crippen LogP) is 3.59. The van der Waals surface area contributed by atoms with Crippen molar-refractivity contribution in [2.45, 2.75) is 32.3 Å². The van der Waals surface area contributed by atoms with Gasteiger partial charge in [0.15, 0.2) is 23.0 Å². The van der Waals surface area contributed by atoms with Crippen molar-refractivity contribution in [2.75, 3.05) is 35.5 Å². The molecule has 1 aliphatic carbocycles. The Morgan fingerprint density at radius 2 is 1.33 bits per heavy atom. The maximum Gasteiger partial charge on any atom is 0.203 e. The standard InChI is InChI=1S/C23H30O7/c1-12-8-13-9-16(27-4)20(28-5)22(30-7)17(13)18-14(11-23(12,2)25)10-15(26-3)19(24)21(18)29-6/h9-10,12,24-25H,8,11H2,1-7H3/t12-,23-/m1/s1. The third-order valence-corrected chi connectivity index (χ3v) is 6.02. The Hall–Kier alpha value is -2.80. The SMILES string of the molecule is COc1cc2c(c(OC)c1O)-c1c(cc(OC)c(OC)c1OC)C[C@@H](C)[C@](C)(O)C2. The number of methoxy groups -OCH3 is 5. The lowest BCUT2D eigenvalue weighted by molar-refractivity contribution is 0.00628. The van der Waals surface area contributed by atoms with Gasteiger partial charge in [0.1, 0.15) is 0 Å². The molecule has 0 heterocycles. The van der Waals surface area contributed by atoms with Crippen LogP contribution in [0.4, 0.5) is 0 Å². The maximum atomic E-state index is 11.2. The minimum Gasteiger partial charge on any atom is -0.502 e. The van der Waals surface area contributed by atoms with Crippen molar-refractivity contribution in [3.05, 3.63) is 23.3 Å². The van der Waals surface area contributed by atoms with E-state index in [1.165, 1.54) is 14.2 Å². The third kappa shape index (κ3) is 3.37. The highest BCUT2D eigenvalue weighted by molar-refractivity contribution is 5.88. The van der Waals surface area contributed by atoms with Gasteiger partial charge in [-0.2, -0.15) is 0 Å². The summed E-state index contributed by atoms with van der Waals surface area (Å²) >= 11 is 0. The number of hydrogen-bond donors (Lipinski definition) is 2. The number of ether oxygens (including phenoxy) is 5. The van der Waals surface area contributed by atoms with E-state index in [9.17, 15) is 10.2 Å². The Kier molecular flexibility index (Phi) is 5.94. The fraction of sp³-hybridized carbons (Fsp3) is 0.478. The second-order valence-electron chi connectivity index (χ2n) is 7.81. The molecule has 0 spiro atoms. The highest BCUT2D eigenvalue weighted by atomic mass is 16.5. The zero-order chi connectivity index (χ0) is 22.2. The second kappa shape index (κ2) is 8.14. The number of benzene rings is 2. The lowest BCUT2D eigenvalue weighted by Crippen LogP contribution is -2.37. The van der Waals surface area contributed by atoms with Crippen molar-refractivity contribution >= 4 is 0 Å². The molecule has 1 aliphatic rings. The summed E-state index contributed by atoms with van der Waals surface area (Å²) in [6.45, 7) is 3.82. The van der Waals surface area contributed by atoms with Crippen molar-refractivity contribution in [1.82, 2.24) is 0 Å². The van der Waals surface area contributed by atoms with Gasteiger partial charge >= 0.3 is 0 Å². The first-order chi connectivity index (χ1) is 14.2. The largest absolute Gasteiger partial charge is 0.502 e. The molecule has 2 atom stereocenters. The fourth-order valence-electron chi connectivity index (χ4n) is 4.19. The van der Waals surface area contributed by atoms with Gasteiger partial charge in [0.2, 0.25) is 11.5 Å². The maximum absolute atomic E-state index is 11.2. The van der Waals surface area contributed by atoms with Crippen LogP contribution in [-0.4, -0.2) is 51.4 Å². The number of hydrogen-bond acceptors (Lipinski definition) is 7. The van der Waals surface area contributed by atoms with Gasteiger partial charge in [-0.25, -0.2) is 0 Å². The van der Waals surface area contributed by atoms with Gasteiger partial charge in [0.25, 0.3) is 0 Å². The Bertz CT molecular complexity index is 950. The first-order valence-electron chi connectivity index (χ1n) is 9.75. The molecule has 164 valence electrons. The minimum absolute atomic E-state index is 0.0713. The quantitative estimate of drug-likeness (QED) is 0.767. The number of aliphatic hydroxyl groups is 1. The van der Waals surface area contributed by atoms with Crippen LogP contribution in [0.2, 0.25) is 0 Å². The molecule has 2 aromatic carbocycles. The highest BCUT2D eigenvalue weighted by Crippen LogP contribution is 2.55. The first-order valence-corrected chi connectivity index (χ1v) is 9.75. The van der Waals surface area contributed by atoms with Gasteiger partial charge in [-0.15, -0.1) is 0 Å². The monoisotopic (exact) mass is 418 g/mol. The summed E-state index contributed by atoms with van der Waals surface area (Å²) in [4.78, 5) is 0. The molecule has 3 rings (SSSR count). The van der Waals surface area contributed by atoms with Crippen molar-refractivity contribution in [2.24, 2.45) is 5.92 Å². The van der Waals surface area contributed by atoms with Gasteiger partial charge in [0.05, 0.1) is 41.2 Å².